The number of oxazole rings is 1. The number of hydrogen-bond donors (Lipinski definition) is 0. The Morgan fingerprint density at radius 2 is 2.40 bits per heavy atom. The SMILES string of the molecule is Cc1cnc(C2COC2)o1. The van der Waals surface area contributed by atoms with E-state index in [2.05, 4.69) is 4.98 Å². The van der Waals surface area contributed by atoms with Crippen molar-refractivity contribution >= 4 is 0 Å². The van der Waals surface area contributed by atoms with Crippen molar-refractivity contribution in [3.63, 3.8) is 0 Å². The first kappa shape index (κ1) is 5.92. The highest BCUT2D eigenvalue weighted by Gasteiger charge is 2.24. The number of ether oxygens (including phenoxy) is 1. The van der Waals surface area contributed by atoms with Crippen LogP contribution in [0.15, 0.2) is 10.6 Å². The van der Waals surface area contributed by atoms with Crippen molar-refractivity contribution in [3.8, 4) is 0 Å². The number of hydrogen-bond acceptors (Lipinski definition) is 3. The number of nitrogens with zero attached hydrogens (tertiary/aromatic N) is 1. The maximum atomic E-state index is 5.30. The van der Waals surface area contributed by atoms with Crippen molar-refractivity contribution in [1.29, 1.82) is 0 Å². The van der Waals surface area contributed by atoms with Gasteiger partial charge in [0, 0.05) is 0 Å². The summed E-state index contributed by atoms with van der Waals surface area (Å²) in [5, 5.41) is 0. The molecule has 1 aromatic rings. The molecular formula is C7H9NO2. The average Bonchev–Trinajstić information content (AvgIpc) is 2.10. The van der Waals surface area contributed by atoms with Crippen molar-refractivity contribution in [2.45, 2.75) is 12.8 Å². The van der Waals surface area contributed by atoms with Crippen molar-refractivity contribution in [2.24, 2.45) is 0 Å². The van der Waals surface area contributed by atoms with Gasteiger partial charge in [0.15, 0.2) is 0 Å². The van der Waals surface area contributed by atoms with E-state index in [0.717, 1.165) is 24.9 Å². The lowest BCUT2D eigenvalue weighted by atomic mass is 10.1. The normalized spacial score (nSPS) is 18.9. The molecule has 1 aromatic heterocycles. The smallest absolute Gasteiger partial charge is 0.202 e. The molecule has 0 spiro atoms. The number of aryl methyl sites for hydroxylation is 1. The van der Waals surface area contributed by atoms with E-state index in [0.29, 0.717) is 5.92 Å². The molecule has 2 rings (SSSR count). The number of rotatable bonds is 1. The van der Waals surface area contributed by atoms with E-state index in [1.165, 1.54) is 0 Å². The van der Waals surface area contributed by atoms with E-state index in [-0.39, 0.29) is 0 Å². The van der Waals surface area contributed by atoms with Crippen molar-refractivity contribution in [2.75, 3.05) is 13.2 Å². The second-order valence-electron chi connectivity index (χ2n) is 2.54. The van der Waals surface area contributed by atoms with E-state index in [9.17, 15) is 0 Å². The fraction of sp³-hybridized carbons (Fsp3) is 0.571. The van der Waals surface area contributed by atoms with Gasteiger partial charge >= 0.3 is 0 Å². The van der Waals surface area contributed by atoms with Crippen molar-refractivity contribution < 1.29 is 9.15 Å². The lowest BCUT2D eigenvalue weighted by Crippen LogP contribution is -2.25. The molecule has 3 heteroatoms. The maximum absolute atomic E-state index is 5.30. The van der Waals surface area contributed by atoms with E-state index in [1.54, 1.807) is 6.20 Å². The zero-order chi connectivity index (χ0) is 6.97. The molecule has 1 fully saturated rings. The third kappa shape index (κ3) is 0.827. The summed E-state index contributed by atoms with van der Waals surface area (Å²) in [5.74, 6) is 2.11. The summed E-state index contributed by atoms with van der Waals surface area (Å²) in [6, 6.07) is 0. The van der Waals surface area contributed by atoms with E-state index in [1.807, 2.05) is 6.92 Å². The third-order valence-electron chi connectivity index (χ3n) is 1.63. The van der Waals surface area contributed by atoms with E-state index < -0.39 is 0 Å². The average molecular weight is 139 g/mol. The summed E-state index contributed by atoms with van der Waals surface area (Å²) in [6.07, 6.45) is 1.74. The molecule has 0 amide bonds. The summed E-state index contributed by atoms with van der Waals surface area (Å²) >= 11 is 0. The van der Waals surface area contributed by atoms with Crippen LogP contribution in [0.5, 0.6) is 0 Å². The Hall–Kier alpha value is -0.830. The largest absolute Gasteiger partial charge is 0.446 e. The Morgan fingerprint density at radius 3 is 2.80 bits per heavy atom. The van der Waals surface area contributed by atoms with Gasteiger partial charge in [-0.05, 0) is 6.92 Å². The first-order valence-corrected chi connectivity index (χ1v) is 3.36. The molecule has 0 unspecified atom stereocenters. The highest BCUT2D eigenvalue weighted by Crippen LogP contribution is 2.22. The molecular weight excluding hydrogens is 130 g/mol. The van der Waals surface area contributed by atoms with Crippen LogP contribution >= 0.6 is 0 Å². The molecule has 0 atom stereocenters. The fourth-order valence-electron chi connectivity index (χ4n) is 0.939. The summed E-state index contributed by atoms with van der Waals surface area (Å²) in [7, 11) is 0. The molecule has 54 valence electrons. The van der Waals surface area contributed by atoms with Crippen LogP contribution in [-0.2, 0) is 4.74 Å². The van der Waals surface area contributed by atoms with Crippen LogP contribution < -0.4 is 0 Å². The van der Waals surface area contributed by atoms with Gasteiger partial charge < -0.3 is 9.15 Å². The first-order valence-electron chi connectivity index (χ1n) is 3.36. The molecule has 3 nitrogen and oxygen atoms in total. The predicted molar refractivity (Wildman–Crippen MR) is 34.8 cm³/mol. The zero-order valence-corrected chi connectivity index (χ0v) is 5.83. The molecule has 0 aliphatic carbocycles. The van der Waals surface area contributed by atoms with Gasteiger partial charge in [-0.2, -0.15) is 0 Å². The lowest BCUT2D eigenvalue weighted by Gasteiger charge is -2.22. The summed E-state index contributed by atoms with van der Waals surface area (Å²) in [6.45, 7) is 3.43. The maximum Gasteiger partial charge on any atom is 0.202 e. The molecule has 0 radical (unpaired) electrons. The van der Waals surface area contributed by atoms with Gasteiger partial charge in [-0.15, -0.1) is 0 Å². The van der Waals surface area contributed by atoms with Gasteiger partial charge in [0.25, 0.3) is 0 Å². The van der Waals surface area contributed by atoms with E-state index in [4.69, 9.17) is 9.15 Å². The molecule has 1 aliphatic heterocycles. The highest BCUT2D eigenvalue weighted by molar-refractivity contribution is 4.99. The molecule has 0 saturated carbocycles. The minimum Gasteiger partial charge on any atom is -0.446 e. The van der Waals surface area contributed by atoms with Crippen LogP contribution in [-0.4, -0.2) is 18.2 Å². The summed E-state index contributed by atoms with van der Waals surface area (Å²) in [5.41, 5.74) is 0. The quantitative estimate of drug-likeness (QED) is 0.584. The lowest BCUT2D eigenvalue weighted by molar-refractivity contribution is -0.00259. The highest BCUT2D eigenvalue weighted by atomic mass is 16.5. The molecule has 1 aliphatic rings. The topological polar surface area (TPSA) is 35.3 Å². The van der Waals surface area contributed by atoms with Crippen LogP contribution in [0.4, 0.5) is 0 Å². The summed E-state index contributed by atoms with van der Waals surface area (Å²) < 4.78 is 10.3. The van der Waals surface area contributed by atoms with Gasteiger partial charge in [0.1, 0.15) is 5.76 Å². The predicted octanol–water partition coefficient (Wildman–Crippen LogP) is 1.10. The standard InChI is InChI=1S/C7H9NO2/c1-5-2-8-7(10-5)6-3-9-4-6/h2,6H,3-4H2,1H3. The van der Waals surface area contributed by atoms with E-state index >= 15 is 0 Å². The molecule has 0 N–H and O–H groups in total. The minimum absolute atomic E-state index is 0.411. The molecule has 2 heterocycles. The monoisotopic (exact) mass is 139 g/mol. The van der Waals surface area contributed by atoms with Crippen LogP contribution in [0.3, 0.4) is 0 Å². The Kier molecular flexibility index (Phi) is 1.24. The van der Waals surface area contributed by atoms with Crippen LogP contribution in [0.2, 0.25) is 0 Å². The third-order valence-corrected chi connectivity index (χ3v) is 1.63. The number of aromatic nitrogens is 1. The zero-order valence-electron chi connectivity index (χ0n) is 5.83. The molecule has 0 aromatic carbocycles. The molecule has 0 bridgehead atoms. The van der Waals surface area contributed by atoms with Gasteiger partial charge in [-0.3, -0.25) is 0 Å². The Bertz CT molecular complexity index is 227. The molecule has 1 saturated heterocycles. The van der Waals surface area contributed by atoms with Crippen LogP contribution in [0.1, 0.15) is 17.6 Å². The van der Waals surface area contributed by atoms with Gasteiger partial charge in [-0.1, -0.05) is 0 Å². The van der Waals surface area contributed by atoms with Crippen molar-refractivity contribution in [1.82, 2.24) is 4.98 Å². The first-order chi connectivity index (χ1) is 4.86. The summed E-state index contributed by atoms with van der Waals surface area (Å²) in [4.78, 5) is 4.09. The van der Waals surface area contributed by atoms with Gasteiger partial charge in [-0.25, -0.2) is 4.98 Å². The Morgan fingerprint density at radius 1 is 1.60 bits per heavy atom. The Balaban J connectivity index is 2.17. The Labute approximate surface area is 59.0 Å². The van der Waals surface area contributed by atoms with Gasteiger partial charge in [0.2, 0.25) is 5.89 Å². The van der Waals surface area contributed by atoms with Gasteiger partial charge in [0.05, 0.1) is 25.3 Å². The second kappa shape index (κ2) is 2.09. The van der Waals surface area contributed by atoms with Crippen molar-refractivity contribution in [3.05, 3.63) is 17.8 Å². The molecule has 10 heavy (non-hydrogen) atoms. The second-order valence-corrected chi connectivity index (χ2v) is 2.54. The minimum atomic E-state index is 0.411. The van der Waals surface area contributed by atoms with Crippen LogP contribution in [0.25, 0.3) is 0 Å². The fourth-order valence-corrected chi connectivity index (χ4v) is 0.939. The van der Waals surface area contributed by atoms with Crippen LogP contribution in [0, 0.1) is 6.92 Å².